The maximum Gasteiger partial charge on any atom is 0.353 e. The molecule has 1 aromatic heterocycles. The summed E-state index contributed by atoms with van der Waals surface area (Å²) in [6, 6.07) is 0. The zero-order valence-electron chi connectivity index (χ0n) is 10.5. The smallest absolute Gasteiger partial charge is 0.353 e. The Morgan fingerprint density at radius 1 is 1.53 bits per heavy atom. The van der Waals surface area contributed by atoms with Crippen LogP contribution in [0.1, 0.15) is 27.2 Å². The van der Waals surface area contributed by atoms with Gasteiger partial charge in [-0.25, -0.2) is 9.97 Å². The van der Waals surface area contributed by atoms with Crippen molar-refractivity contribution in [3.63, 3.8) is 0 Å². The van der Waals surface area contributed by atoms with E-state index in [0.717, 1.165) is 6.42 Å². The molecule has 7 heteroatoms. The monoisotopic (exact) mass is 239 g/mol. The summed E-state index contributed by atoms with van der Waals surface area (Å²) in [6.45, 7) is 5.97. The van der Waals surface area contributed by atoms with Gasteiger partial charge in [0, 0.05) is 12.6 Å². The topological polar surface area (TPSA) is 98.2 Å². The maximum atomic E-state index is 11.0. The normalized spacial score (nSPS) is 11.3. The molecule has 0 spiro atoms. The highest BCUT2D eigenvalue weighted by molar-refractivity contribution is 5.68. The summed E-state index contributed by atoms with van der Waals surface area (Å²) < 4.78 is 0. The molecule has 7 nitrogen and oxygen atoms in total. The number of rotatable bonds is 4. The van der Waals surface area contributed by atoms with Crippen LogP contribution < -0.4 is 10.6 Å². The van der Waals surface area contributed by atoms with E-state index in [1.54, 1.807) is 11.9 Å². The highest BCUT2D eigenvalue weighted by Gasteiger charge is 2.30. The maximum absolute atomic E-state index is 11.0. The molecule has 1 aromatic rings. The van der Waals surface area contributed by atoms with Crippen molar-refractivity contribution < 1.29 is 4.92 Å². The van der Waals surface area contributed by atoms with Crippen LogP contribution in [0.25, 0.3) is 0 Å². The zero-order valence-corrected chi connectivity index (χ0v) is 10.5. The fraction of sp³-hybridized carbons (Fsp3) is 0.600. The summed E-state index contributed by atoms with van der Waals surface area (Å²) >= 11 is 0. The number of aromatic nitrogens is 2. The Kier molecular flexibility index (Phi) is 3.50. The molecule has 0 saturated carbocycles. The van der Waals surface area contributed by atoms with Crippen LogP contribution in [-0.4, -0.2) is 27.5 Å². The van der Waals surface area contributed by atoms with E-state index < -0.39 is 4.92 Å². The van der Waals surface area contributed by atoms with E-state index in [9.17, 15) is 10.1 Å². The van der Waals surface area contributed by atoms with Crippen LogP contribution in [0.4, 0.5) is 17.3 Å². The molecule has 1 rings (SSSR count). The van der Waals surface area contributed by atoms with Crippen molar-refractivity contribution in [3.8, 4) is 0 Å². The molecule has 0 aromatic carbocycles. The van der Waals surface area contributed by atoms with Crippen LogP contribution >= 0.6 is 0 Å². The Bertz CT molecular complexity index is 433. The highest BCUT2D eigenvalue weighted by atomic mass is 16.6. The third-order valence-electron chi connectivity index (χ3n) is 3.10. The molecular weight excluding hydrogens is 222 g/mol. The lowest BCUT2D eigenvalue weighted by atomic mass is 10.00. The molecule has 0 saturated heterocycles. The lowest BCUT2D eigenvalue weighted by molar-refractivity contribution is -0.383. The zero-order chi connectivity index (χ0) is 13.2. The van der Waals surface area contributed by atoms with E-state index in [4.69, 9.17) is 5.73 Å². The third kappa shape index (κ3) is 2.43. The first-order chi connectivity index (χ1) is 7.81. The van der Waals surface area contributed by atoms with Gasteiger partial charge in [0.25, 0.3) is 0 Å². The van der Waals surface area contributed by atoms with Gasteiger partial charge in [0.15, 0.2) is 0 Å². The Hall–Kier alpha value is -1.92. The van der Waals surface area contributed by atoms with Gasteiger partial charge >= 0.3 is 5.69 Å². The summed E-state index contributed by atoms with van der Waals surface area (Å²) in [7, 11) is 1.76. The van der Waals surface area contributed by atoms with Crippen molar-refractivity contribution in [1.29, 1.82) is 0 Å². The average molecular weight is 239 g/mol. The first kappa shape index (κ1) is 13.1. The van der Waals surface area contributed by atoms with Gasteiger partial charge in [-0.15, -0.1) is 0 Å². The molecule has 0 fully saturated rings. The van der Waals surface area contributed by atoms with E-state index in [1.165, 1.54) is 6.33 Å². The van der Waals surface area contributed by atoms with E-state index in [1.807, 2.05) is 20.8 Å². The second kappa shape index (κ2) is 4.52. The van der Waals surface area contributed by atoms with Gasteiger partial charge in [-0.1, -0.05) is 6.92 Å². The van der Waals surface area contributed by atoms with E-state index >= 15 is 0 Å². The second-order valence-electron chi connectivity index (χ2n) is 4.41. The van der Waals surface area contributed by atoms with Crippen LogP contribution in [-0.2, 0) is 0 Å². The fourth-order valence-corrected chi connectivity index (χ4v) is 1.33. The quantitative estimate of drug-likeness (QED) is 0.632. The summed E-state index contributed by atoms with van der Waals surface area (Å²) in [5.41, 5.74) is 5.04. The first-order valence-corrected chi connectivity index (χ1v) is 5.30. The molecule has 0 aliphatic carbocycles. The second-order valence-corrected chi connectivity index (χ2v) is 4.41. The Labute approximate surface area is 99.8 Å². The number of anilines is 2. The van der Waals surface area contributed by atoms with Crippen molar-refractivity contribution in [2.24, 2.45) is 0 Å². The number of hydrogen-bond acceptors (Lipinski definition) is 6. The van der Waals surface area contributed by atoms with Crippen molar-refractivity contribution >= 4 is 17.3 Å². The molecule has 0 bridgehead atoms. The van der Waals surface area contributed by atoms with Gasteiger partial charge in [0.05, 0.1) is 4.92 Å². The van der Waals surface area contributed by atoms with E-state index in [2.05, 4.69) is 9.97 Å². The lowest BCUT2D eigenvalue weighted by Crippen LogP contribution is -2.41. The summed E-state index contributed by atoms with van der Waals surface area (Å²) in [5.74, 6) is 0.133. The Morgan fingerprint density at radius 3 is 2.59 bits per heavy atom. The molecule has 0 unspecified atom stereocenters. The molecular formula is C10H17N5O2. The van der Waals surface area contributed by atoms with Crippen molar-refractivity contribution in [1.82, 2.24) is 9.97 Å². The molecule has 0 amide bonds. The molecule has 1 heterocycles. The molecule has 17 heavy (non-hydrogen) atoms. The molecule has 94 valence electrons. The third-order valence-corrected chi connectivity index (χ3v) is 3.10. The fourth-order valence-electron chi connectivity index (χ4n) is 1.33. The van der Waals surface area contributed by atoms with E-state index in [0.29, 0.717) is 0 Å². The van der Waals surface area contributed by atoms with Gasteiger partial charge in [-0.3, -0.25) is 10.1 Å². The number of nitrogens with two attached hydrogens (primary N) is 1. The van der Waals surface area contributed by atoms with Crippen LogP contribution in [0.2, 0.25) is 0 Å². The van der Waals surface area contributed by atoms with E-state index in [-0.39, 0.29) is 22.9 Å². The van der Waals surface area contributed by atoms with Crippen LogP contribution in [0, 0.1) is 10.1 Å². The number of nitro groups is 1. The Balaban J connectivity index is 3.32. The van der Waals surface area contributed by atoms with Gasteiger partial charge in [0.2, 0.25) is 11.6 Å². The summed E-state index contributed by atoms with van der Waals surface area (Å²) in [4.78, 5) is 19.8. The average Bonchev–Trinajstić information content (AvgIpc) is 2.27. The molecule has 0 radical (unpaired) electrons. The summed E-state index contributed by atoms with van der Waals surface area (Å²) in [5, 5.41) is 11.0. The number of hydrogen-bond donors (Lipinski definition) is 1. The number of nitrogen functional groups attached to an aromatic ring is 1. The minimum absolute atomic E-state index is 0.112. The predicted octanol–water partition coefficient (Wildman–Crippen LogP) is 1.59. The highest BCUT2D eigenvalue weighted by Crippen LogP contribution is 2.33. The molecule has 0 atom stereocenters. The molecule has 0 aliphatic heterocycles. The van der Waals surface area contributed by atoms with Crippen molar-refractivity contribution in [2.45, 2.75) is 32.7 Å². The largest absolute Gasteiger partial charge is 0.378 e. The standard InChI is InChI=1S/C10H17N5O2/c1-5-10(2,3)14(4)9-7(15(16)17)8(11)12-6-13-9/h6H,5H2,1-4H3,(H2,11,12,13). The van der Waals surface area contributed by atoms with Crippen LogP contribution in [0.5, 0.6) is 0 Å². The first-order valence-electron chi connectivity index (χ1n) is 5.30. The van der Waals surface area contributed by atoms with Gasteiger partial charge in [-0.05, 0) is 20.3 Å². The van der Waals surface area contributed by atoms with Crippen LogP contribution in [0.15, 0.2) is 6.33 Å². The van der Waals surface area contributed by atoms with Crippen molar-refractivity contribution in [3.05, 3.63) is 16.4 Å². The Morgan fingerprint density at radius 2 is 2.12 bits per heavy atom. The lowest BCUT2D eigenvalue weighted by Gasteiger charge is -2.35. The van der Waals surface area contributed by atoms with Crippen LogP contribution in [0.3, 0.4) is 0 Å². The molecule has 2 N–H and O–H groups in total. The van der Waals surface area contributed by atoms with Gasteiger partial charge in [0.1, 0.15) is 6.33 Å². The van der Waals surface area contributed by atoms with Crippen molar-refractivity contribution in [2.75, 3.05) is 17.7 Å². The van der Waals surface area contributed by atoms with Gasteiger partial charge < -0.3 is 10.6 Å². The SMILES string of the molecule is CCC(C)(C)N(C)c1ncnc(N)c1[N+](=O)[O-]. The van der Waals surface area contributed by atoms with Gasteiger partial charge in [-0.2, -0.15) is 0 Å². The molecule has 0 aliphatic rings. The summed E-state index contributed by atoms with van der Waals surface area (Å²) in [6.07, 6.45) is 2.06. The minimum atomic E-state index is -0.549. The minimum Gasteiger partial charge on any atom is -0.378 e. The predicted molar refractivity (Wildman–Crippen MR) is 65.9 cm³/mol. The number of nitrogens with zero attached hydrogens (tertiary/aromatic N) is 4.